The van der Waals surface area contributed by atoms with Gasteiger partial charge in [0.2, 0.25) is 0 Å². The Balaban J connectivity index is 0.000000845. The normalized spacial score (nSPS) is 8.93. The fourth-order valence-corrected chi connectivity index (χ4v) is 1.35. The van der Waals surface area contributed by atoms with Crippen LogP contribution in [0.1, 0.15) is 5.69 Å². The van der Waals surface area contributed by atoms with Crippen LogP contribution in [0.25, 0.3) is 10.8 Å². The number of fused-ring (bicyclic) bond motifs is 1. The van der Waals surface area contributed by atoms with E-state index in [9.17, 15) is 0 Å². The number of halogens is 1. The second-order valence-electron chi connectivity index (χ2n) is 2.88. The first-order chi connectivity index (χ1) is 5.77. The Labute approximate surface area is 89.3 Å². The molecule has 0 aliphatic rings. The number of benzene rings is 1. The Kier molecular flexibility index (Phi) is 4.34. The molecule has 0 aliphatic heterocycles. The van der Waals surface area contributed by atoms with Gasteiger partial charge in [-0.25, -0.2) is 0 Å². The predicted octanol–water partition coefficient (Wildman–Crippen LogP) is 2.71. The van der Waals surface area contributed by atoms with Gasteiger partial charge in [-0.05, 0) is 30.5 Å². The molecule has 0 aliphatic carbocycles. The van der Waals surface area contributed by atoms with E-state index in [1.807, 2.05) is 31.2 Å². The number of hydrogen-bond acceptors (Lipinski definition) is 3. The minimum atomic E-state index is 0. The number of nitrogens with two attached hydrogens (primary N) is 1. The maximum absolute atomic E-state index is 5.65. The molecular formula is C10H14ClN3. The van der Waals surface area contributed by atoms with E-state index in [2.05, 4.69) is 4.98 Å². The van der Waals surface area contributed by atoms with Crippen LogP contribution in [0, 0.1) is 6.92 Å². The summed E-state index contributed by atoms with van der Waals surface area (Å²) in [4.78, 5) is 4.20. The summed E-state index contributed by atoms with van der Waals surface area (Å²) in [5, 5.41) is 2.33. The topological polar surface area (TPSA) is 73.9 Å². The lowest BCUT2D eigenvalue weighted by Crippen LogP contribution is -1.86. The molecule has 2 aromatic rings. The van der Waals surface area contributed by atoms with Crippen LogP contribution in [0.2, 0.25) is 0 Å². The lowest BCUT2D eigenvalue weighted by atomic mass is 10.1. The standard InChI is InChI=1S/C10H10N2.ClH.H3N/c1-7-10-3-2-9(11)6-8(10)4-5-12-7;;/h2-6H,11H2,1H3;1H;1H3. The number of aromatic nitrogens is 1. The molecule has 1 heterocycles. The molecule has 0 spiro atoms. The molecule has 1 aromatic carbocycles. The van der Waals surface area contributed by atoms with E-state index in [4.69, 9.17) is 5.73 Å². The maximum Gasteiger partial charge on any atom is 0.0450 e. The molecule has 0 atom stereocenters. The minimum Gasteiger partial charge on any atom is -0.399 e. The number of pyridine rings is 1. The first-order valence-electron chi connectivity index (χ1n) is 3.88. The predicted molar refractivity (Wildman–Crippen MR) is 63.2 cm³/mol. The van der Waals surface area contributed by atoms with Gasteiger partial charge in [-0.15, -0.1) is 12.4 Å². The van der Waals surface area contributed by atoms with Gasteiger partial charge in [0, 0.05) is 23.0 Å². The van der Waals surface area contributed by atoms with Gasteiger partial charge in [-0.1, -0.05) is 6.07 Å². The number of rotatable bonds is 0. The van der Waals surface area contributed by atoms with Crippen molar-refractivity contribution in [3.05, 3.63) is 36.2 Å². The third-order valence-corrected chi connectivity index (χ3v) is 1.99. The van der Waals surface area contributed by atoms with Crippen LogP contribution < -0.4 is 11.9 Å². The van der Waals surface area contributed by atoms with Crippen LogP contribution in [-0.2, 0) is 0 Å². The van der Waals surface area contributed by atoms with Gasteiger partial charge < -0.3 is 11.9 Å². The molecule has 0 unspecified atom stereocenters. The van der Waals surface area contributed by atoms with Gasteiger partial charge in [-0.2, -0.15) is 0 Å². The minimum absolute atomic E-state index is 0. The Morgan fingerprint density at radius 1 is 1.21 bits per heavy atom. The van der Waals surface area contributed by atoms with Crippen LogP contribution in [0.4, 0.5) is 5.69 Å². The molecule has 4 heteroatoms. The molecule has 0 saturated heterocycles. The second-order valence-corrected chi connectivity index (χ2v) is 2.88. The number of nitrogen functional groups attached to an aromatic ring is 1. The van der Waals surface area contributed by atoms with E-state index in [0.29, 0.717) is 0 Å². The van der Waals surface area contributed by atoms with E-state index in [0.717, 1.165) is 16.8 Å². The highest BCUT2D eigenvalue weighted by molar-refractivity contribution is 5.86. The molecule has 0 radical (unpaired) electrons. The van der Waals surface area contributed by atoms with Gasteiger partial charge in [-0.3, -0.25) is 4.98 Å². The number of nitrogens with zero attached hydrogens (tertiary/aromatic N) is 1. The zero-order valence-electron chi connectivity index (χ0n) is 8.03. The largest absolute Gasteiger partial charge is 0.399 e. The maximum atomic E-state index is 5.65. The fourth-order valence-electron chi connectivity index (χ4n) is 1.35. The number of anilines is 1. The molecule has 1 aromatic heterocycles. The van der Waals surface area contributed by atoms with Crippen molar-refractivity contribution in [2.75, 3.05) is 5.73 Å². The summed E-state index contributed by atoms with van der Waals surface area (Å²) >= 11 is 0. The van der Waals surface area contributed by atoms with Crippen molar-refractivity contribution >= 4 is 28.9 Å². The lowest BCUT2D eigenvalue weighted by Gasteiger charge is -2.00. The monoisotopic (exact) mass is 211 g/mol. The van der Waals surface area contributed by atoms with Crippen LogP contribution in [0.15, 0.2) is 30.5 Å². The summed E-state index contributed by atoms with van der Waals surface area (Å²) < 4.78 is 0. The third-order valence-electron chi connectivity index (χ3n) is 1.99. The highest BCUT2D eigenvalue weighted by Gasteiger charge is 1.96. The van der Waals surface area contributed by atoms with E-state index >= 15 is 0 Å². The second kappa shape index (κ2) is 4.79. The fraction of sp³-hybridized carbons (Fsp3) is 0.100. The van der Waals surface area contributed by atoms with Crippen molar-refractivity contribution in [3.63, 3.8) is 0 Å². The average molecular weight is 212 g/mol. The van der Waals surface area contributed by atoms with Gasteiger partial charge in [0.05, 0.1) is 0 Å². The van der Waals surface area contributed by atoms with E-state index < -0.39 is 0 Å². The van der Waals surface area contributed by atoms with Crippen LogP contribution >= 0.6 is 12.4 Å². The molecule has 5 N–H and O–H groups in total. The summed E-state index contributed by atoms with van der Waals surface area (Å²) in [6.07, 6.45) is 1.80. The van der Waals surface area contributed by atoms with Gasteiger partial charge in [0.25, 0.3) is 0 Å². The van der Waals surface area contributed by atoms with Crippen molar-refractivity contribution in [1.82, 2.24) is 11.1 Å². The number of hydrogen-bond donors (Lipinski definition) is 2. The van der Waals surface area contributed by atoms with Crippen LogP contribution in [0.5, 0.6) is 0 Å². The molecule has 0 bridgehead atoms. The van der Waals surface area contributed by atoms with Crippen molar-refractivity contribution in [2.24, 2.45) is 0 Å². The van der Waals surface area contributed by atoms with Crippen LogP contribution in [-0.4, -0.2) is 4.98 Å². The summed E-state index contributed by atoms with van der Waals surface area (Å²) in [6.45, 7) is 2.00. The molecule has 0 saturated carbocycles. The van der Waals surface area contributed by atoms with E-state index in [1.54, 1.807) is 6.20 Å². The summed E-state index contributed by atoms with van der Waals surface area (Å²) in [5.74, 6) is 0. The Hall–Kier alpha value is -1.32. The molecule has 0 amide bonds. The first-order valence-corrected chi connectivity index (χ1v) is 3.88. The highest BCUT2D eigenvalue weighted by atomic mass is 35.5. The molecule has 3 nitrogen and oxygen atoms in total. The SMILES string of the molecule is Cc1nccc2cc(N)ccc12.Cl.N. The van der Waals surface area contributed by atoms with E-state index in [-0.39, 0.29) is 18.6 Å². The van der Waals surface area contributed by atoms with Crippen molar-refractivity contribution in [3.8, 4) is 0 Å². The summed E-state index contributed by atoms with van der Waals surface area (Å²) in [6, 6.07) is 7.84. The molecule has 2 rings (SSSR count). The summed E-state index contributed by atoms with van der Waals surface area (Å²) in [7, 11) is 0. The molecular weight excluding hydrogens is 198 g/mol. The Morgan fingerprint density at radius 2 is 1.93 bits per heavy atom. The number of aryl methyl sites for hydroxylation is 1. The lowest BCUT2D eigenvalue weighted by molar-refractivity contribution is 1.24. The molecule has 14 heavy (non-hydrogen) atoms. The Morgan fingerprint density at radius 3 is 2.64 bits per heavy atom. The quantitative estimate of drug-likeness (QED) is 0.658. The average Bonchev–Trinajstić information content (AvgIpc) is 2.04. The molecule has 0 fully saturated rings. The van der Waals surface area contributed by atoms with Crippen molar-refractivity contribution in [1.29, 1.82) is 0 Å². The van der Waals surface area contributed by atoms with Crippen molar-refractivity contribution in [2.45, 2.75) is 6.92 Å². The zero-order valence-corrected chi connectivity index (χ0v) is 8.84. The highest BCUT2D eigenvalue weighted by Crippen LogP contribution is 2.18. The van der Waals surface area contributed by atoms with E-state index in [1.165, 1.54) is 5.39 Å². The van der Waals surface area contributed by atoms with Gasteiger partial charge in [0.1, 0.15) is 0 Å². The van der Waals surface area contributed by atoms with Gasteiger partial charge in [0.15, 0.2) is 0 Å². The Bertz CT molecular complexity index is 429. The van der Waals surface area contributed by atoms with Gasteiger partial charge >= 0.3 is 0 Å². The van der Waals surface area contributed by atoms with Crippen LogP contribution in [0.3, 0.4) is 0 Å². The smallest absolute Gasteiger partial charge is 0.0450 e. The zero-order chi connectivity index (χ0) is 8.55. The third kappa shape index (κ3) is 2.13. The van der Waals surface area contributed by atoms with Crippen molar-refractivity contribution < 1.29 is 0 Å². The first kappa shape index (κ1) is 12.7. The summed E-state index contributed by atoms with van der Waals surface area (Å²) in [5.41, 5.74) is 7.50. The molecule has 76 valence electrons.